The van der Waals surface area contributed by atoms with Crippen molar-refractivity contribution in [3.05, 3.63) is 23.8 Å². The van der Waals surface area contributed by atoms with Crippen LogP contribution in [0.25, 0.3) is 0 Å². The third kappa shape index (κ3) is 3.58. The highest BCUT2D eigenvalue weighted by molar-refractivity contribution is 5.98. The monoisotopic (exact) mass is 245 g/mol. The van der Waals surface area contributed by atoms with Gasteiger partial charge < -0.3 is 15.2 Å². The Bertz CT molecular complexity index is 396. The fourth-order valence-electron chi connectivity index (χ4n) is 1.25. The van der Waals surface area contributed by atoms with Gasteiger partial charge in [0.15, 0.2) is 6.61 Å². The molecule has 0 bridgehead atoms. The number of halogens is 2. The number of hydrogen-bond donors (Lipinski definition) is 1. The Balaban J connectivity index is 2.90. The minimum Gasteiger partial charge on any atom is -0.493 e. The maximum atomic E-state index is 11.9. The highest BCUT2D eigenvalue weighted by Gasteiger charge is 2.18. The first kappa shape index (κ1) is 13.2. The van der Waals surface area contributed by atoms with Crippen molar-refractivity contribution in [3.63, 3.8) is 0 Å². The van der Waals surface area contributed by atoms with Crippen LogP contribution in [0.1, 0.15) is 17.3 Å². The molecule has 17 heavy (non-hydrogen) atoms. The number of alkyl halides is 2. The number of benzene rings is 1. The van der Waals surface area contributed by atoms with Crippen molar-refractivity contribution in [3.8, 4) is 5.75 Å². The summed E-state index contributed by atoms with van der Waals surface area (Å²) in [6.07, 6.45) is -2.71. The number of carbonyl (C=O) groups is 1. The lowest BCUT2D eigenvalue weighted by molar-refractivity contribution is 0.0158. The molecule has 1 aromatic rings. The molecule has 0 spiro atoms. The lowest BCUT2D eigenvalue weighted by Crippen LogP contribution is -2.14. The van der Waals surface area contributed by atoms with Gasteiger partial charge in [-0.15, -0.1) is 0 Å². The summed E-state index contributed by atoms with van der Waals surface area (Å²) < 4.78 is 33.4. The van der Waals surface area contributed by atoms with Crippen LogP contribution in [0.2, 0.25) is 0 Å². The molecule has 1 aromatic carbocycles. The van der Waals surface area contributed by atoms with Crippen molar-refractivity contribution in [2.45, 2.75) is 13.3 Å². The van der Waals surface area contributed by atoms with Gasteiger partial charge in [0.1, 0.15) is 11.3 Å². The quantitative estimate of drug-likeness (QED) is 0.637. The summed E-state index contributed by atoms with van der Waals surface area (Å²) >= 11 is 0. The van der Waals surface area contributed by atoms with E-state index in [1.54, 1.807) is 13.0 Å². The number of hydrogen-bond acceptors (Lipinski definition) is 4. The first-order valence-corrected chi connectivity index (χ1v) is 5.02. The SMILES string of the molecule is CCOc1cccc(N)c1C(=O)OCC(F)F. The van der Waals surface area contributed by atoms with Crippen molar-refractivity contribution >= 4 is 11.7 Å². The van der Waals surface area contributed by atoms with Gasteiger partial charge in [-0.3, -0.25) is 0 Å². The molecule has 94 valence electrons. The van der Waals surface area contributed by atoms with Crippen LogP contribution in [-0.4, -0.2) is 25.6 Å². The van der Waals surface area contributed by atoms with Crippen molar-refractivity contribution in [2.75, 3.05) is 18.9 Å². The molecular formula is C11H13F2NO3. The highest BCUT2D eigenvalue weighted by Crippen LogP contribution is 2.25. The summed E-state index contributed by atoms with van der Waals surface area (Å²) in [5.41, 5.74) is 5.71. The molecule has 0 radical (unpaired) electrons. The van der Waals surface area contributed by atoms with E-state index in [1.165, 1.54) is 12.1 Å². The second-order valence-electron chi connectivity index (χ2n) is 3.14. The third-order valence-corrected chi connectivity index (χ3v) is 1.90. The largest absolute Gasteiger partial charge is 0.493 e. The van der Waals surface area contributed by atoms with Crippen molar-refractivity contribution in [2.24, 2.45) is 0 Å². The first-order valence-electron chi connectivity index (χ1n) is 5.02. The van der Waals surface area contributed by atoms with E-state index in [0.717, 1.165) is 0 Å². The lowest BCUT2D eigenvalue weighted by Gasteiger charge is -2.11. The van der Waals surface area contributed by atoms with Gasteiger partial charge in [-0.1, -0.05) is 6.07 Å². The predicted molar refractivity (Wildman–Crippen MR) is 58.3 cm³/mol. The van der Waals surface area contributed by atoms with Crippen LogP contribution < -0.4 is 10.5 Å². The maximum absolute atomic E-state index is 11.9. The van der Waals surface area contributed by atoms with Crippen LogP contribution in [0.3, 0.4) is 0 Å². The Morgan fingerprint density at radius 3 is 2.76 bits per heavy atom. The van der Waals surface area contributed by atoms with Gasteiger partial charge in [0.2, 0.25) is 0 Å². The summed E-state index contributed by atoms with van der Waals surface area (Å²) in [6, 6.07) is 4.60. The van der Waals surface area contributed by atoms with Crippen LogP contribution in [0.15, 0.2) is 18.2 Å². The molecule has 1 rings (SSSR count). The minimum atomic E-state index is -2.71. The van der Waals surface area contributed by atoms with E-state index in [-0.39, 0.29) is 17.0 Å². The maximum Gasteiger partial charge on any atom is 0.344 e. The molecule has 0 saturated heterocycles. The molecule has 0 aromatic heterocycles. The van der Waals surface area contributed by atoms with Gasteiger partial charge in [-0.2, -0.15) is 0 Å². The average molecular weight is 245 g/mol. The molecule has 0 fully saturated rings. The number of carbonyl (C=O) groups excluding carboxylic acids is 1. The van der Waals surface area contributed by atoms with E-state index in [1.807, 2.05) is 0 Å². The molecular weight excluding hydrogens is 232 g/mol. The van der Waals surface area contributed by atoms with Gasteiger partial charge >= 0.3 is 5.97 Å². The summed E-state index contributed by atoms with van der Waals surface area (Å²) in [5, 5.41) is 0. The average Bonchev–Trinajstić information content (AvgIpc) is 2.26. The Kier molecular flexibility index (Phi) is 4.68. The zero-order valence-electron chi connectivity index (χ0n) is 9.28. The fraction of sp³-hybridized carbons (Fsp3) is 0.364. The first-order chi connectivity index (χ1) is 8.06. The third-order valence-electron chi connectivity index (χ3n) is 1.90. The molecule has 0 aliphatic heterocycles. The van der Waals surface area contributed by atoms with Crippen molar-refractivity contribution < 1.29 is 23.0 Å². The molecule has 6 heteroatoms. The van der Waals surface area contributed by atoms with Gasteiger partial charge in [-0.25, -0.2) is 13.6 Å². The number of ether oxygens (including phenoxy) is 2. The van der Waals surface area contributed by atoms with Crippen LogP contribution in [0.5, 0.6) is 5.75 Å². The lowest BCUT2D eigenvalue weighted by atomic mass is 10.1. The molecule has 0 unspecified atom stereocenters. The normalized spacial score (nSPS) is 10.4. The van der Waals surface area contributed by atoms with Crippen LogP contribution in [0, 0.1) is 0 Å². The molecule has 0 aliphatic carbocycles. The Morgan fingerprint density at radius 2 is 2.18 bits per heavy atom. The second kappa shape index (κ2) is 6.03. The standard InChI is InChI=1S/C11H13F2NO3/c1-2-16-8-5-3-4-7(14)10(8)11(15)17-6-9(12)13/h3-5,9H,2,6,14H2,1H3. The molecule has 0 atom stereocenters. The molecule has 2 N–H and O–H groups in total. The number of esters is 1. The van der Waals surface area contributed by atoms with Crippen LogP contribution in [-0.2, 0) is 4.74 Å². The van der Waals surface area contributed by atoms with E-state index in [2.05, 4.69) is 4.74 Å². The molecule has 0 aliphatic rings. The topological polar surface area (TPSA) is 61.5 Å². The Labute approximate surface area is 97.3 Å². The molecule has 0 heterocycles. The number of nitrogens with two attached hydrogens (primary N) is 1. The molecule has 4 nitrogen and oxygen atoms in total. The number of rotatable bonds is 5. The summed E-state index contributed by atoms with van der Waals surface area (Å²) in [5.74, 6) is -0.682. The smallest absolute Gasteiger partial charge is 0.344 e. The van der Waals surface area contributed by atoms with E-state index in [4.69, 9.17) is 10.5 Å². The zero-order chi connectivity index (χ0) is 12.8. The predicted octanol–water partition coefficient (Wildman–Crippen LogP) is 2.09. The molecule has 0 saturated carbocycles. The zero-order valence-corrected chi connectivity index (χ0v) is 9.28. The van der Waals surface area contributed by atoms with Crippen molar-refractivity contribution in [1.82, 2.24) is 0 Å². The highest BCUT2D eigenvalue weighted by atomic mass is 19.3. The van der Waals surface area contributed by atoms with E-state index in [9.17, 15) is 13.6 Å². The van der Waals surface area contributed by atoms with E-state index < -0.39 is 19.0 Å². The number of nitrogen functional groups attached to an aromatic ring is 1. The van der Waals surface area contributed by atoms with Gasteiger partial charge in [0, 0.05) is 5.69 Å². The summed E-state index contributed by atoms with van der Waals surface area (Å²) in [7, 11) is 0. The van der Waals surface area contributed by atoms with Gasteiger partial charge in [0.05, 0.1) is 6.61 Å². The van der Waals surface area contributed by atoms with Crippen LogP contribution in [0.4, 0.5) is 14.5 Å². The van der Waals surface area contributed by atoms with E-state index in [0.29, 0.717) is 6.61 Å². The number of anilines is 1. The fourth-order valence-corrected chi connectivity index (χ4v) is 1.25. The summed E-state index contributed by atoms with van der Waals surface area (Å²) in [6.45, 7) is 1.11. The van der Waals surface area contributed by atoms with Gasteiger partial charge in [-0.05, 0) is 19.1 Å². The Morgan fingerprint density at radius 1 is 1.47 bits per heavy atom. The van der Waals surface area contributed by atoms with Crippen molar-refractivity contribution in [1.29, 1.82) is 0 Å². The molecule has 0 amide bonds. The minimum absolute atomic E-state index is 0.0185. The Hall–Kier alpha value is -1.85. The van der Waals surface area contributed by atoms with Gasteiger partial charge in [0.25, 0.3) is 6.43 Å². The summed E-state index contributed by atoms with van der Waals surface area (Å²) in [4.78, 5) is 11.6. The van der Waals surface area contributed by atoms with E-state index >= 15 is 0 Å². The van der Waals surface area contributed by atoms with Crippen LogP contribution >= 0.6 is 0 Å². The second-order valence-corrected chi connectivity index (χ2v) is 3.14.